The first-order valence-electron chi connectivity index (χ1n) is 5.33. The lowest BCUT2D eigenvalue weighted by Crippen LogP contribution is -2.41. The quantitative estimate of drug-likeness (QED) is 0.413. The number of rotatable bonds is 4. The van der Waals surface area contributed by atoms with E-state index in [-0.39, 0.29) is 6.42 Å². The molecule has 0 aromatic carbocycles. The molecule has 0 N–H and O–H groups in total. The number of hydrogen-bond donors (Lipinski definition) is 0. The maximum Gasteiger partial charge on any atom is 0.312 e. The number of carbonyl (C=O) groups excluding carboxylic acids is 1. The van der Waals surface area contributed by atoms with Crippen molar-refractivity contribution in [3.05, 3.63) is 10.1 Å². The van der Waals surface area contributed by atoms with Gasteiger partial charge in [0.25, 0.3) is 6.04 Å². The second kappa shape index (κ2) is 4.97. The third-order valence-electron chi connectivity index (χ3n) is 2.61. The summed E-state index contributed by atoms with van der Waals surface area (Å²) in [5.74, 6) is -1.50. The summed E-state index contributed by atoms with van der Waals surface area (Å²) in [4.78, 5) is 21.6. The van der Waals surface area contributed by atoms with E-state index in [1.54, 1.807) is 20.8 Å². The lowest BCUT2D eigenvalue weighted by molar-refractivity contribution is -0.534. The maximum atomic E-state index is 11.1. The molecule has 7 heteroatoms. The van der Waals surface area contributed by atoms with E-state index in [2.05, 4.69) is 4.74 Å². The molecule has 1 aliphatic heterocycles. The van der Waals surface area contributed by atoms with Crippen LogP contribution in [0.25, 0.3) is 0 Å². The molecule has 0 aliphatic carbocycles. The minimum Gasteiger partial charge on any atom is -0.469 e. The number of ether oxygens (including phenoxy) is 3. The van der Waals surface area contributed by atoms with Crippen LogP contribution in [0.1, 0.15) is 27.2 Å². The van der Waals surface area contributed by atoms with Crippen LogP contribution in [-0.2, 0) is 19.0 Å². The lowest BCUT2D eigenvalue weighted by atomic mass is 10.0. The molecule has 1 heterocycles. The molecular weight excluding hydrogens is 230 g/mol. The van der Waals surface area contributed by atoms with E-state index in [0.29, 0.717) is 0 Å². The Balaban J connectivity index is 2.78. The summed E-state index contributed by atoms with van der Waals surface area (Å²) < 4.78 is 15.3. The van der Waals surface area contributed by atoms with Crippen LogP contribution >= 0.6 is 0 Å². The molecule has 3 atom stereocenters. The fourth-order valence-corrected chi connectivity index (χ4v) is 1.92. The average molecular weight is 247 g/mol. The summed E-state index contributed by atoms with van der Waals surface area (Å²) in [6, 6.07) is -1.15. The van der Waals surface area contributed by atoms with Crippen molar-refractivity contribution in [3.8, 4) is 0 Å². The molecule has 0 amide bonds. The van der Waals surface area contributed by atoms with Gasteiger partial charge in [0.2, 0.25) is 0 Å². The van der Waals surface area contributed by atoms with Crippen LogP contribution in [0.3, 0.4) is 0 Å². The molecule has 0 aromatic heterocycles. The zero-order valence-corrected chi connectivity index (χ0v) is 10.3. The molecule has 0 saturated carbocycles. The van der Waals surface area contributed by atoms with Gasteiger partial charge >= 0.3 is 5.97 Å². The van der Waals surface area contributed by atoms with Gasteiger partial charge in [0.05, 0.1) is 13.2 Å². The first-order chi connectivity index (χ1) is 7.76. The van der Waals surface area contributed by atoms with Crippen LogP contribution in [0.4, 0.5) is 0 Å². The predicted molar refractivity (Wildman–Crippen MR) is 56.9 cm³/mol. The highest BCUT2D eigenvalue weighted by molar-refractivity contribution is 5.69. The molecule has 1 aliphatic rings. The molecule has 98 valence electrons. The number of nitrogens with zero attached hydrogens (tertiary/aromatic N) is 1. The molecule has 3 unspecified atom stereocenters. The lowest BCUT2D eigenvalue weighted by Gasteiger charge is -2.18. The average Bonchev–Trinajstić information content (AvgIpc) is 2.47. The van der Waals surface area contributed by atoms with Crippen LogP contribution in [0.15, 0.2) is 0 Å². The van der Waals surface area contributed by atoms with Gasteiger partial charge in [0.1, 0.15) is 6.42 Å². The number of carbonyl (C=O) groups is 1. The number of nitro groups is 1. The molecule has 1 rings (SSSR count). The molecule has 0 spiro atoms. The smallest absolute Gasteiger partial charge is 0.312 e. The van der Waals surface area contributed by atoms with Gasteiger partial charge in [0, 0.05) is 4.92 Å². The SMILES string of the molecule is COC(=O)CC(C1OC(C)(C)OC1C)[N+](=O)[O-]. The van der Waals surface area contributed by atoms with E-state index < -0.39 is 34.9 Å². The highest BCUT2D eigenvalue weighted by atomic mass is 16.8. The molecule has 0 radical (unpaired) electrons. The van der Waals surface area contributed by atoms with Crippen LogP contribution in [0, 0.1) is 10.1 Å². The highest BCUT2D eigenvalue weighted by Crippen LogP contribution is 2.31. The third kappa shape index (κ3) is 3.37. The highest BCUT2D eigenvalue weighted by Gasteiger charge is 2.48. The van der Waals surface area contributed by atoms with Crippen molar-refractivity contribution in [3.63, 3.8) is 0 Å². The Morgan fingerprint density at radius 1 is 1.53 bits per heavy atom. The van der Waals surface area contributed by atoms with Gasteiger partial charge in [-0.3, -0.25) is 14.9 Å². The molecular formula is C10H17NO6. The third-order valence-corrected chi connectivity index (χ3v) is 2.61. The Hall–Kier alpha value is -1.21. The fraction of sp³-hybridized carbons (Fsp3) is 0.900. The Kier molecular flexibility index (Phi) is 4.05. The second-order valence-electron chi connectivity index (χ2n) is 4.44. The summed E-state index contributed by atoms with van der Waals surface area (Å²) in [5, 5.41) is 11.0. The summed E-state index contributed by atoms with van der Waals surface area (Å²) in [6.07, 6.45) is -1.51. The van der Waals surface area contributed by atoms with Crippen LogP contribution in [0.2, 0.25) is 0 Å². The fourth-order valence-electron chi connectivity index (χ4n) is 1.92. The molecule has 0 bridgehead atoms. The summed E-state index contributed by atoms with van der Waals surface area (Å²) in [7, 11) is 1.19. The standard InChI is InChI=1S/C10H17NO6/c1-6-9(17-10(2,3)16-6)7(11(13)14)5-8(12)15-4/h6-7,9H,5H2,1-4H3. The van der Waals surface area contributed by atoms with Crippen molar-refractivity contribution in [2.45, 2.75) is 51.2 Å². The zero-order valence-electron chi connectivity index (χ0n) is 10.3. The second-order valence-corrected chi connectivity index (χ2v) is 4.44. The van der Waals surface area contributed by atoms with Crippen LogP contribution < -0.4 is 0 Å². The topological polar surface area (TPSA) is 87.9 Å². The van der Waals surface area contributed by atoms with Crippen LogP contribution in [0.5, 0.6) is 0 Å². The van der Waals surface area contributed by atoms with E-state index in [9.17, 15) is 14.9 Å². The van der Waals surface area contributed by atoms with E-state index in [4.69, 9.17) is 9.47 Å². The van der Waals surface area contributed by atoms with Crippen molar-refractivity contribution in [2.24, 2.45) is 0 Å². The molecule has 0 aromatic rings. The Bertz CT molecular complexity index is 316. The van der Waals surface area contributed by atoms with Crippen LogP contribution in [-0.4, -0.2) is 42.0 Å². The number of methoxy groups -OCH3 is 1. The van der Waals surface area contributed by atoms with E-state index in [1.807, 2.05) is 0 Å². The Morgan fingerprint density at radius 3 is 2.47 bits per heavy atom. The van der Waals surface area contributed by atoms with Gasteiger partial charge in [0.15, 0.2) is 11.9 Å². The summed E-state index contributed by atoms with van der Waals surface area (Å²) in [5.41, 5.74) is 0. The Morgan fingerprint density at radius 2 is 2.12 bits per heavy atom. The van der Waals surface area contributed by atoms with Crippen molar-refractivity contribution in [1.82, 2.24) is 0 Å². The van der Waals surface area contributed by atoms with E-state index in [0.717, 1.165) is 0 Å². The summed E-state index contributed by atoms with van der Waals surface area (Å²) >= 11 is 0. The van der Waals surface area contributed by atoms with Crippen molar-refractivity contribution >= 4 is 5.97 Å². The van der Waals surface area contributed by atoms with Gasteiger partial charge in [-0.1, -0.05) is 0 Å². The molecule has 1 saturated heterocycles. The van der Waals surface area contributed by atoms with Gasteiger partial charge < -0.3 is 14.2 Å². The van der Waals surface area contributed by atoms with E-state index >= 15 is 0 Å². The molecule has 17 heavy (non-hydrogen) atoms. The van der Waals surface area contributed by atoms with Crippen molar-refractivity contribution < 1.29 is 23.9 Å². The molecule has 1 fully saturated rings. The monoisotopic (exact) mass is 247 g/mol. The van der Waals surface area contributed by atoms with Gasteiger partial charge in [-0.25, -0.2) is 0 Å². The minimum absolute atomic E-state index is 0.321. The maximum absolute atomic E-state index is 11.1. The predicted octanol–water partition coefficient (Wildman–Crippen LogP) is 0.735. The van der Waals surface area contributed by atoms with Gasteiger partial charge in [-0.2, -0.15) is 0 Å². The normalized spacial score (nSPS) is 28.7. The Labute approximate surface area is 99.2 Å². The van der Waals surface area contributed by atoms with Gasteiger partial charge in [-0.15, -0.1) is 0 Å². The summed E-state index contributed by atoms with van der Waals surface area (Å²) in [6.45, 7) is 5.05. The first-order valence-corrected chi connectivity index (χ1v) is 5.33. The zero-order chi connectivity index (χ0) is 13.2. The minimum atomic E-state index is -1.15. The van der Waals surface area contributed by atoms with Crippen molar-refractivity contribution in [2.75, 3.05) is 7.11 Å². The van der Waals surface area contributed by atoms with Gasteiger partial charge in [-0.05, 0) is 20.8 Å². The van der Waals surface area contributed by atoms with E-state index in [1.165, 1.54) is 7.11 Å². The first kappa shape index (κ1) is 13.9. The number of esters is 1. The molecule has 7 nitrogen and oxygen atoms in total. The van der Waals surface area contributed by atoms with Crippen molar-refractivity contribution in [1.29, 1.82) is 0 Å². The number of hydrogen-bond acceptors (Lipinski definition) is 6. The largest absolute Gasteiger partial charge is 0.469 e.